The lowest BCUT2D eigenvalue weighted by atomic mass is 10.2. The van der Waals surface area contributed by atoms with Crippen molar-refractivity contribution in [1.29, 1.82) is 0 Å². The molecule has 0 N–H and O–H groups in total. The maximum atomic E-state index is 12.8. The van der Waals surface area contributed by atoms with Crippen LogP contribution in [0.4, 0.5) is 0 Å². The predicted molar refractivity (Wildman–Crippen MR) is 79.3 cm³/mol. The van der Waals surface area contributed by atoms with Gasteiger partial charge in [-0.3, -0.25) is 0 Å². The van der Waals surface area contributed by atoms with Gasteiger partial charge in [0.25, 0.3) is 0 Å². The molecule has 0 radical (unpaired) electrons. The summed E-state index contributed by atoms with van der Waals surface area (Å²) in [7, 11) is -3.62. The Kier molecular flexibility index (Phi) is 5.18. The molecule has 0 amide bonds. The minimum absolute atomic E-state index is 0.120. The number of halogens is 2. The zero-order chi connectivity index (χ0) is 14.9. The maximum absolute atomic E-state index is 12.8. The highest BCUT2D eigenvalue weighted by Crippen LogP contribution is 2.32. The van der Waals surface area contributed by atoms with Gasteiger partial charge >= 0.3 is 0 Å². The van der Waals surface area contributed by atoms with Gasteiger partial charge < -0.3 is 9.15 Å². The summed E-state index contributed by atoms with van der Waals surface area (Å²) in [5.41, 5.74) is 0. The Bertz CT molecular complexity index is 574. The number of nitrogens with zero attached hydrogens (tertiary/aromatic N) is 1. The zero-order valence-electron chi connectivity index (χ0n) is 11.3. The van der Waals surface area contributed by atoms with Gasteiger partial charge in [-0.15, -0.1) is 11.6 Å². The summed E-state index contributed by atoms with van der Waals surface area (Å²) in [6.45, 7) is 4.56. The molecule has 0 saturated carbocycles. The Labute approximate surface area is 132 Å². The predicted octanol–water partition coefficient (Wildman–Crippen LogP) is 2.97. The number of hydrogen-bond acceptors (Lipinski definition) is 4. The van der Waals surface area contributed by atoms with Crippen LogP contribution in [-0.4, -0.2) is 38.0 Å². The molecule has 2 rings (SSSR count). The van der Waals surface area contributed by atoms with Crippen LogP contribution in [0.5, 0.6) is 0 Å². The quantitative estimate of drug-likeness (QED) is 0.747. The van der Waals surface area contributed by atoms with Crippen molar-refractivity contribution in [3.63, 3.8) is 0 Å². The molecule has 1 aromatic heterocycles. The summed E-state index contributed by atoms with van der Waals surface area (Å²) in [6, 6.07) is 1.32. The number of alkyl halides is 1. The number of morpholine rings is 1. The molecule has 1 aliphatic heterocycles. The van der Waals surface area contributed by atoms with Gasteiger partial charge in [0.1, 0.15) is 10.7 Å². The summed E-state index contributed by atoms with van der Waals surface area (Å²) < 4.78 is 38.1. The highest BCUT2D eigenvalue weighted by molar-refractivity contribution is 9.10. The number of hydrogen-bond donors (Lipinski definition) is 0. The van der Waals surface area contributed by atoms with Gasteiger partial charge in [-0.05, 0) is 29.3 Å². The van der Waals surface area contributed by atoms with E-state index in [0.717, 1.165) is 0 Å². The number of furan rings is 1. The van der Waals surface area contributed by atoms with Crippen LogP contribution in [0.15, 0.2) is 20.0 Å². The van der Waals surface area contributed by atoms with Crippen molar-refractivity contribution >= 4 is 37.6 Å². The molecular weight excluding hydrogens is 370 g/mol. The van der Waals surface area contributed by atoms with Gasteiger partial charge in [0.15, 0.2) is 4.67 Å². The van der Waals surface area contributed by atoms with E-state index in [4.69, 9.17) is 20.8 Å². The van der Waals surface area contributed by atoms with Crippen LogP contribution >= 0.6 is 27.5 Å². The Morgan fingerprint density at radius 2 is 2.25 bits per heavy atom. The minimum Gasteiger partial charge on any atom is -0.452 e. The molecule has 2 heterocycles. The van der Waals surface area contributed by atoms with Crippen LogP contribution in [0.2, 0.25) is 0 Å². The van der Waals surface area contributed by atoms with Crippen molar-refractivity contribution in [2.45, 2.75) is 43.2 Å². The summed E-state index contributed by atoms with van der Waals surface area (Å²) in [4.78, 5) is 0.126. The monoisotopic (exact) mass is 385 g/mol. The molecule has 114 valence electrons. The lowest BCUT2D eigenvalue weighted by molar-refractivity contribution is -0.0230. The summed E-state index contributed by atoms with van der Waals surface area (Å²) in [5.74, 6) is 0.552. The van der Waals surface area contributed by atoms with E-state index in [2.05, 4.69) is 15.9 Å². The average Bonchev–Trinajstić information content (AvgIpc) is 2.80. The molecular formula is C12H17BrClNO4S. The van der Waals surface area contributed by atoms with Crippen LogP contribution in [0.1, 0.15) is 26.0 Å². The Hall–Kier alpha value is -0.0800. The molecule has 5 nitrogen and oxygen atoms in total. The number of rotatable bonds is 4. The van der Waals surface area contributed by atoms with Crippen molar-refractivity contribution in [2.75, 3.05) is 13.2 Å². The van der Waals surface area contributed by atoms with E-state index in [-0.39, 0.29) is 27.6 Å². The van der Waals surface area contributed by atoms with Gasteiger partial charge in [0.05, 0.1) is 18.6 Å². The highest BCUT2D eigenvalue weighted by Gasteiger charge is 2.37. The highest BCUT2D eigenvalue weighted by atomic mass is 79.9. The molecule has 20 heavy (non-hydrogen) atoms. The average molecular weight is 387 g/mol. The lowest BCUT2D eigenvalue weighted by Gasteiger charge is -2.36. The smallest absolute Gasteiger partial charge is 0.247 e. The molecule has 0 aliphatic carbocycles. The number of sulfonamides is 1. The van der Waals surface area contributed by atoms with Gasteiger partial charge in [0.2, 0.25) is 10.0 Å². The second kappa shape index (κ2) is 6.36. The maximum Gasteiger partial charge on any atom is 0.247 e. The van der Waals surface area contributed by atoms with Gasteiger partial charge in [-0.2, -0.15) is 4.31 Å². The normalized spacial score (nSPS) is 25.0. The molecule has 0 bridgehead atoms. The standard InChI is InChI=1S/C12H17BrClNO4S/c1-3-9-7-18-8(2)6-15(9)20(16,17)11-4-10(5-14)19-12(11)13/h4,8-9H,3,5-7H2,1-2H3. The molecule has 0 aromatic carbocycles. The fraction of sp³-hybridized carbons (Fsp3) is 0.667. The first-order valence-corrected chi connectivity index (χ1v) is 9.14. The first kappa shape index (κ1) is 16.3. The van der Waals surface area contributed by atoms with E-state index in [1.165, 1.54) is 10.4 Å². The molecule has 1 aliphatic rings. The first-order chi connectivity index (χ1) is 9.40. The van der Waals surface area contributed by atoms with Gasteiger partial charge in [-0.25, -0.2) is 8.42 Å². The van der Waals surface area contributed by atoms with Gasteiger partial charge in [-0.1, -0.05) is 6.92 Å². The fourth-order valence-electron chi connectivity index (χ4n) is 2.20. The third-order valence-corrected chi connectivity index (χ3v) is 6.35. The lowest BCUT2D eigenvalue weighted by Crippen LogP contribution is -2.51. The Balaban J connectivity index is 2.39. The second-order valence-corrected chi connectivity index (χ2v) is 7.61. The minimum atomic E-state index is -3.62. The summed E-state index contributed by atoms with van der Waals surface area (Å²) in [6.07, 6.45) is 0.579. The molecule has 1 aromatic rings. The SMILES string of the molecule is CCC1COC(C)CN1S(=O)(=O)c1cc(CCl)oc1Br. The second-order valence-electron chi connectivity index (χ2n) is 4.77. The van der Waals surface area contributed by atoms with Crippen LogP contribution in [0.3, 0.4) is 0 Å². The van der Waals surface area contributed by atoms with Crippen molar-refractivity contribution in [3.05, 3.63) is 16.5 Å². The van der Waals surface area contributed by atoms with Gasteiger partial charge in [0, 0.05) is 18.7 Å². The Morgan fingerprint density at radius 3 is 2.80 bits per heavy atom. The Morgan fingerprint density at radius 1 is 1.55 bits per heavy atom. The molecule has 1 fully saturated rings. The van der Waals surface area contributed by atoms with Crippen LogP contribution in [0, 0.1) is 0 Å². The van der Waals surface area contributed by atoms with Crippen molar-refractivity contribution in [1.82, 2.24) is 4.31 Å². The van der Waals surface area contributed by atoms with Crippen molar-refractivity contribution in [3.8, 4) is 0 Å². The largest absolute Gasteiger partial charge is 0.452 e. The molecule has 2 atom stereocenters. The fourth-order valence-corrected chi connectivity index (χ4v) is 5.05. The molecule has 1 saturated heterocycles. The van der Waals surface area contributed by atoms with E-state index in [1.54, 1.807) is 0 Å². The van der Waals surface area contributed by atoms with Crippen LogP contribution in [0.25, 0.3) is 0 Å². The third kappa shape index (κ3) is 3.06. The van der Waals surface area contributed by atoms with Crippen LogP contribution in [-0.2, 0) is 20.6 Å². The number of ether oxygens (including phenoxy) is 1. The third-order valence-electron chi connectivity index (χ3n) is 3.31. The molecule has 2 unspecified atom stereocenters. The van der Waals surface area contributed by atoms with Crippen molar-refractivity contribution < 1.29 is 17.6 Å². The first-order valence-electron chi connectivity index (χ1n) is 6.37. The van der Waals surface area contributed by atoms with E-state index in [0.29, 0.717) is 25.3 Å². The van der Waals surface area contributed by atoms with Crippen LogP contribution < -0.4 is 0 Å². The molecule has 0 spiro atoms. The zero-order valence-corrected chi connectivity index (χ0v) is 14.5. The van der Waals surface area contributed by atoms with E-state index in [9.17, 15) is 8.42 Å². The van der Waals surface area contributed by atoms with Crippen molar-refractivity contribution in [2.24, 2.45) is 0 Å². The summed E-state index contributed by atoms with van der Waals surface area (Å²) in [5, 5.41) is 0. The topological polar surface area (TPSA) is 59.8 Å². The molecule has 8 heteroatoms. The van der Waals surface area contributed by atoms with E-state index >= 15 is 0 Å². The van der Waals surface area contributed by atoms with E-state index in [1.807, 2.05) is 13.8 Å². The van der Waals surface area contributed by atoms with E-state index < -0.39 is 10.0 Å². The summed E-state index contributed by atoms with van der Waals surface area (Å²) >= 11 is 8.84.